The van der Waals surface area contributed by atoms with E-state index in [0.717, 1.165) is 62.2 Å². The van der Waals surface area contributed by atoms with E-state index in [4.69, 9.17) is 9.98 Å². The fraction of sp³-hybridized carbons (Fsp3) is 0.0351. The van der Waals surface area contributed by atoms with E-state index < -0.39 is 0 Å². The minimum absolute atomic E-state index is 0.579. The highest BCUT2D eigenvalue weighted by Gasteiger charge is 2.16. The molecule has 0 fully saturated rings. The Balaban J connectivity index is 1.24. The maximum Gasteiger partial charge on any atom is 0.160 e. The molecule has 0 heterocycles. The number of nitrogens with zero attached hydrogens (tertiary/aromatic N) is 2. The lowest BCUT2D eigenvalue weighted by atomic mass is 9.91. The summed E-state index contributed by atoms with van der Waals surface area (Å²) in [4.78, 5) is 10.8. The average Bonchev–Trinajstić information content (AvgIpc) is 3.57. The van der Waals surface area contributed by atoms with Crippen LogP contribution in [0.3, 0.4) is 0 Å². The van der Waals surface area contributed by atoms with Crippen LogP contribution in [-0.4, -0.2) is 11.5 Å². The molecule has 8 aromatic rings. The standard InChI is InChI=1S/C57H42N2/c1-3-56(48-35-33-45(34-36-48)43-19-8-5-9-20-43)59-57(58-40(2)41-23-14-24-44(32-31-41)42-17-6-4-7-18-42)51-38-49(54-29-15-25-46-21-10-12-27-52(46)54)37-50(39-51)55-30-16-26-47-22-11-13-28-53(47)55/h4-23,25-39H,1,24H2,2H3/b58-40+,59-57-. The largest absolute Gasteiger partial charge is 0.233 e. The maximum absolute atomic E-state index is 5.41. The topological polar surface area (TPSA) is 24.7 Å². The fourth-order valence-corrected chi connectivity index (χ4v) is 7.90. The van der Waals surface area contributed by atoms with Gasteiger partial charge in [0.15, 0.2) is 5.84 Å². The highest BCUT2D eigenvalue weighted by Crippen LogP contribution is 2.36. The molecule has 0 radical (unpaired) electrons. The van der Waals surface area contributed by atoms with Crippen LogP contribution in [0.4, 0.5) is 0 Å². The van der Waals surface area contributed by atoms with Gasteiger partial charge in [-0.25, -0.2) is 9.98 Å². The molecule has 0 N–H and O–H groups in total. The lowest BCUT2D eigenvalue weighted by Crippen LogP contribution is -2.05. The first kappa shape index (κ1) is 37.0. The molecule has 1 aliphatic rings. The highest BCUT2D eigenvalue weighted by molar-refractivity contribution is 6.15. The molecule has 2 nitrogen and oxygen atoms in total. The zero-order valence-electron chi connectivity index (χ0n) is 33.0. The van der Waals surface area contributed by atoms with Crippen molar-refractivity contribution in [3.63, 3.8) is 0 Å². The minimum atomic E-state index is 0.579. The number of fused-ring (bicyclic) bond motifs is 2. The van der Waals surface area contributed by atoms with Gasteiger partial charge in [-0.2, -0.15) is 0 Å². The summed E-state index contributed by atoms with van der Waals surface area (Å²) in [5, 5.41) is 4.76. The summed E-state index contributed by atoms with van der Waals surface area (Å²) < 4.78 is 0. The molecule has 0 amide bonds. The molecule has 0 saturated heterocycles. The van der Waals surface area contributed by atoms with Gasteiger partial charge in [-0.1, -0.05) is 201 Å². The van der Waals surface area contributed by atoms with Gasteiger partial charge in [-0.3, -0.25) is 0 Å². The van der Waals surface area contributed by atoms with Crippen LogP contribution in [-0.2, 0) is 0 Å². The van der Waals surface area contributed by atoms with E-state index in [1.807, 2.05) is 6.07 Å². The van der Waals surface area contributed by atoms with E-state index in [1.54, 1.807) is 0 Å². The lowest BCUT2D eigenvalue weighted by molar-refractivity contribution is 1.39. The quantitative estimate of drug-likeness (QED) is 0.0838. The van der Waals surface area contributed by atoms with E-state index in [0.29, 0.717) is 11.5 Å². The molecule has 280 valence electrons. The molecule has 0 atom stereocenters. The van der Waals surface area contributed by atoms with Crippen LogP contribution < -0.4 is 0 Å². The molecule has 0 saturated carbocycles. The molecular formula is C57H42N2. The third-order valence-electron chi connectivity index (χ3n) is 11.0. The summed E-state index contributed by atoms with van der Waals surface area (Å²) >= 11 is 0. The zero-order valence-corrected chi connectivity index (χ0v) is 33.0. The van der Waals surface area contributed by atoms with Crippen molar-refractivity contribution in [1.29, 1.82) is 0 Å². The smallest absolute Gasteiger partial charge is 0.160 e. The van der Waals surface area contributed by atoms with Crippen LogP contribution >= 0.6 is 0 Å². The number of aliphatic imine (C=N–C) groups is 2. The van der Waals surface area contributed by atoms with Crippen LogP contribution in [0.25, 0.3) is 66.2 Å². The molecule has 0 unspecified atom stereocenters. The second kappa shape index (κ2) is 16.8. The van der Waals surface area contributed by atoms with Crippen molar-refractivity contribution >= 4 is 44.4 Å². The minimum Gasteiger partial charge on any atom is -0.233 e. The highest BCUT2D eigenvalue weighted by atomic mass is 14.9. The number of benzene rings is 8. The predicted molar refractivity (Wildman–Crippen MR) is 253 cm³/mol. The second-order valence-electron chi connectivity index (χ2n) is 14.7. The van der Waals surface area contributed by atoms with Crippen LogP contribution in [0.15, 0.2) is 240 Å². The summed E-state index contributed by atoms with van der Waals surface area (Å²) in [5.41, 5.74) is 16.7. The molecule has 8 aromatic carbocycles. The Morgan fingerprint density at radius 2 is 1.03 bits per heavy atom. The van der Waals surface area contributed by atoms with Crippen molar-refractivity contribution < 1.29 is 0 Å². The van der Waals surface area contributed by atoms with E-state index >= 15 is 0 Å². The molecule has 9 rings (SSSR count). The number of allylic oxidation sites excluding steroid dienone is 6. The maximum atomic E-state index is 5.41. The van der Waals surface area contributed by atoms with E-state index in [-0.39, 0.29) is 0 Å². The first-order valence-electron chi connectivity index (χ1n) is 20.1. The third kappa shape index (κ3) is 8.00. The third-order valence-corrected chi connectivity index (χ3v) is 11.0. The van der Waals surface area contributed by atoms with Gasteiger partial charge in [0.05, 0.1) is 0 Å². The number of hydrogen-bond donors (Lipinski definition) is 0. The normalized spacial score (nSPS) is 13.1. The Labute approximate surface area is 346 Å². The Morgan fingerprint density at radius 3 is 1.64 bits per heavy atom. The van der Waals surface area contributed by atoms with E-state index in [1.165, 1.54) is 32.7 Å². The predicted octanol–water partition coefficient (Wildman–Crippen LogP) is 15.0. The van der Waals surface area contributed by atoms with E-state index in [9.17, 15) is 0 Å². The summed E-state index contributed by atoms with van der Waals surface area (Å²) in [6.45, 7) is 6.20. The van der Waals surface area contributed by atoms with Crippen molar-refractivity contribution in [2.24, 2.45) is 9.98 Å². The van der Waals surface area contributed by atoms with Gasteiger partial charge >= 0.3 is 0 Å². The summed E-state index contributed by atoms with van der Waals surface area (Å²) in [5.74, 6) is 0.579. The van der Waals surface area contributed by atoms with Crippen LogP contribution in [0.2, 0.25) is 0 Å². The molecule has 0 aliphatic heterocycles. The van der Waals surface area contributed by atoms with Crippen molar-refractivity contribution in [3.8, 4) is 33.4 Å². The fourth-order valence-electron chi connectivity index (χ4n) is 7.90. The summed E-state index contributed by atoms with van der Waals surface area (Å²) in [6, 6.07) is 66.4. The summed E-state index contributed by atoms with van der Waals surface area (Å²) in [6.07, 6.45) is 9.61. The van der Waals surface area contributed by atoms with Gasteiger partial charge < -0.3 is 0 Å². The van der Waals surface area contributed by atoms with Crippen molar-refractivity contribution in [2.75, 3.05) is 0 Å². The number of amidine groups is 1. The van der Waals surface area contributed by atoms with E-state index in [2.05, 4.69) is 226 Å². The van der Waals surface area contributed by atoms with Crippen molar-refractivity contribution in [1.82, 2.24) is 0 Å². The number of rotatable bonds is 8. The zero-order chi connectivity index (χ0) is 40.0. The van der Waals surface area contributed by atoms with Crippen LogP contribution in [0.5, 0.6) is 0 Å². The van der Waals surface area contributed by atoms with Gasteiger partial charge in [0.1, 0.15) is 5.70 Å². The van der Waals surface area contributed by atoms with Crippen molar-refractivity contribution in [3.05, 3.63) is 247 Å². The van der Waals surface area contributed by atoms with Gasteiger partial charge in [0, 0.05) is 16.8 Å². The Hall–Kier alpha value is -7.64. The van der Waals surface area contributed by atoms with Gasteiger partial charge in [0.25, 0.3) is 0 Å². The SMILES string of the molecule is C=C=C(/N=C(\N=C(/C)C1=CC=C(c2ccccc2)CC=C1)c1cc(-c2cccc3ccccc23)cc(-c2cccc3ccccc23)c1)c1ccc(-c2ccccc2)cc1. The molecule has 2 heteroatoms. The first-order valence-corrected chi connectivity index (χ1v) is 20.1. The average molecular weight is 755 g/mol. The monoisotopic (exact) mass is 754 g/mol. The lowest BCUT2D eigenvalue weighted by Gasteiger charge is -2.15. The first-order chi connectivity index (χ1) is 29.1. The Kier molecular flexibility index (Phi) is 10.6. The molecule has 0 aromatic heterocycles. The van der Waals surface area contributed by atoms with Gasteiger partial charge in [0.2, 0.25) is 0 Å². The molecule has 0 spiro atoms. The van der Waals surface area contributed by atoms with Crippen molar-refractivity contribution in [2.45, 2.75) is 13.3 Å². The molecule has 59 heavy (non-hydrogen) atoms. The molecule has 0 bridgehead atoms. The van der Waals surface area contributed by atoms with Gasteiger partial charge in [-0.15, -0.1) is 5.73 Å². The van der Waals surface area contributed by atoms with Crippen LogP contribution in [0, 0.1) is 0 Å². The second-order valence-corrected chi connectivity index (χ2v) is 14.7. The Morgan fingerprint density at radius 1 is 0.492 bits per heavy atom. The van der Waals surface area contributed by atoms with Crippen LogP contribution in [0.1, 0.15) is 30.0 Å². The molecule has 1 aliphatic carbocycles. The summed E-state index contributed by atoms with van der Waals surface area (Å²) in [7, 11) is 0. The molecular weight excluding hydrogens is 713 g/mol. The number of hydrogen-bond acceptors (Lipinski definition) is 1. The van der Waals surface area contributed by atoms with Gasteiger partial charge in [-0.05, 0) is 103 Å². The Bertz CT molecular complexity index is 2940.